The Kier molecular flexibility index (Phi) is 5.91. The first-order valence-electron chi connectivity index (χ1n) is 9.01. The van der Waals surface area contributed by atoms with Crippen molar-refractivity contribution in [1.82, 2.24) is 4.90 Å². The van der Waals surface area contributed by atoms with Crippen molar-refractivity contribution in [3.8, 4) is 5.75 Å². The second kappa shape index (κ2) is 8.54. The fourth-order valence-electron chi connectivity index (χ4n) is 2.84. The van der Waals surface area contributed by atoms with Crippen LogP contribution in [0, 0.1) is 11.2 Å². The van der Waals surface area contributed by atoms with Crippen LogP contribution in [0.1, 0.15) is 15.9 Å². The Morgan fingerprint density at radius 2 is 1.94 bits per heavy atom. The third-order valence-corrected chi connectivity index (χ3v) is 6.42. The van der Waals surface area contributed by atoms with Gasteiger partial charge in [0.15, 0.2) is 0 Å². The SMILES string of the molecule is CS(=O)(=O)C1=NSC2=NC(=O)/C(=C\c3ccc(OC(=O)c4ccc(F)cc4)c(Cl)c3)C(=N)N21. The number of nitrogens with zero attached hydrogens (tertiary/aromatic N) is 3. The van der Waals surface area contributed by atoms with Gasteiger partial charge in [-0.25, -0.2) is 22.5 Å². The molecular formula is C20H12ClFN4O5S2. The minimum absolute atomic E-state index is 0.0244. The number of aliphatic imine (C=N–C) groups is 1. The van der Waals surface area contributed by atoms with Crippen LogP contribution < -0.4 is 4.74 Å². The van der Waals surface area contributed by atoms with Gasteiger partial charge in [-0.2, -0.15) is 9.39 Å². The Balaban J connectivity index is 1.59. The molecule has 33 heavy (non-hydrogen) atoms. The van der Waals surface area contributed by atoms with E-state index in [4.69, 9.17) is 21.7 Å². The van der Waals surface area contributed by atoms with E-state index in [1.807, 2.05) is 0 Å². The molecule has 0 radical (unpaired) electrons. The maximum Gasteiger partial charge on any atom is 0.343 e. The molecule has 0 aliphatic carbocycles. The molecule has 0 spiro atoms. The Bertz CT molecular complexity index is 1420. The Morgan fingerprint density at radius 1 is 1.24 bits per heavy atom. The smallest absolute Gasteiger partial charge is 0.343 e. The molecule has 0 atom stereocenters. The molecule has 4 rings (SSSR count). The van der Waals surface area contributed by atoms with Gasteiger partial charge in [-0.15, -0.1) is 0 Å². The normalized spacial score (nSPS) is 17.1. The molecule has 168 valence electrons. The van der Waals surface area contributed by atoms with Crippen LogP contribution >= 0.6 is 23.5 Å². The summed E-state index contributed by atoms with van der Waals surface area (Å²) in [5, 5.41) is 7.95. The van der Waals surface area contributed by atoms with E-state index in [-0.39, 0.29) is 27.1 Å². The Labute approximate surface area is 196 Å². The van der Waals surface area contributed by atoms with Crippen LogP contribution in [0.4, 0.5) is 4.39 Å². The third kappa shape index (κ3) is 4.58. The number of sulfone groups is 1. The average molecular weight is 507 g/mol. The molecule has 13 heteroatoms. The molecule has 1 N–H and O–H groups in total. The molecule has 9 nitrogen and oxygen atoms in total. The van der Waals surface area contributed by atoms with E-state index in [1.165, 1.54) is 36.4 Å². The van der Waals surface area contributed by atoms with Crippen LogP contribution in [0.3, 0.4) is 0 Å². The lowest BCUT2D eigenvalue weighted by Gasteiger charge is -2.23. The minimum Gasteiger partial charge on any atom is -0.421 e. The fourth-order valence-corrected chi connectivity index (χ4v) is 4.91. The van der Waals surface area contributed by atoms with Crippen LogP contribution in [0.2, 0.25) is 5.02 Å². The topological polar surface area (TPSA) is 129 Å². The van der Waals surface area contributed by atoms with Gasteiger partial charge in [-0.1, -0.05) is 17.7 Å². The summed E-state index contributed by atoms with van der Waals surface area (Å²) in [5.74, 6) is -2.35. The second-order valence-electron chi connectivity index (χ2n) is 6.77. The van der Waals surface area contributed by atoms with Gasteiger partial charge < -0.3 is 4.74 Å². The van der Waals surface area contributed by atoms with Gasteiger partial charge in [0.2, 0.25) is 20.2 Å². The number of hydrogen-bond acceptors (Lipinski definition) is 8. The van der Waals surface area contributed by atoms with Gasteiger partial charge >= 0.3 is 5.97 Å². The van der Waals surface area contributed by atoms with E-state index < -0.39 is 38.5 Å². The van der Waals surface area contributed by atoms with E-state index in [2.05, 4.69) is 9.39 Å². The van der Waals surface area contributed by atoms with Crippen LogP contribution in [-0.2, 0) is 14.6 Å². The summed E-state index contributed by atoms with van der Waals surface area (Å²) in [7, 11) is -3.76. The highest BCUT2D eigenvalue weighted by molar-refractivity contribution is 8.16. The van der Waals surface area contributed by atoms with Crippen molar-refractivity contribution in [2.24, 2.45) is 9.39 Å². The lowest BCUT2D eigenvalue weighted by Crippen LogP contribution is -2.45. The number of rotatable bonds is 3. The first-order valence-corrected chi connectivity index (χ1v) is 12.0. The van der Waals surface area contributed by atoms with Crippen molar-refractivity contribution in [2.45, 2.75) is 0 Å². The van der Waals surface area contributed by atoms with Gasteiger partial charge in [0, 0.05) is 6.26 Å². The Hall–Kier alpha value is -3.35. The molecule has 2 heterocycles. The van der Waals surface area contributed by atoms with Gasteiger partial charge in [0.05, 0.1) is 28.1 Å². The summed E-state index contributed by atoms with van der Waals surface area (Å²) in [4.78, 5) is 29.4. The predicted molar refractivity (Wildman–Crippen MR) is 123 cm³/mol. The van der Waals surface area contributed by atoms with Crippen molar-refractivity contribution in [1.29, 1.82) is 5.41 Å². The number of nitrogens with one attached hydrogen (secondary N) is 1. The number of hydrogen-bond donors (Lipinski definition) is 1. The molecule has 0 saturated carbocycles. The number of benzene rings is 2. The standard InChI is InChI=1S/C20H12ClFN4O5S2/c1-33(29,30)20-25-32-19-24-17(27)13(16(23)26(19)20)8-10-2-7-15(14(21)9-10)31-18(28)11-3-5-12(22)6-4-11/h2-9,23H,1H3/b13-8-,23-16?. The summed E-state index contributed by atoms with van der Waals surface area (Å²) in [6.07, 6.45) is 2.25. The van der Waals surface area contributed by atoms with Gasteiger partial charge in [-0.3, -0.25) is 10.2 Å². The summed E-state index contributed by atoms with van der Waals surface area (Å²) < 4.78 is 45.9. The lowest BCUT2D eigenvalue weighted by atomic mass is 10.1. The summed E-state index contributed by atoms with van der Waals surface area (Å²) in [6, 6.07) is 9.04. The quantitative estimate of drug-likeness (QED) is 0.292. The number of fused-ring (bicyclic) bond motifs is 1. The molecule has 2 aliphatic rings. The minimum atomic E-state index is -3.76. The molecule has 2 aromatic carbocycles. The van der Waals surface area contributed by atoms with E-state index in [9.17, 15) is 22.4 Å². The largest absolute Gasteiger partial charge is 0.421 e. The molecule has 2 aliphatic heterocycles. The molecule has 0 aromatic heterocycles. The van der Waals surface area contributed by atoms with Crippen LogP contribution in [0.5, 0.6) is 5.75 Å². The average Bonchev–Trinajstić information content (AvgIpc) is 3.18. The van der Waals surface area contributed by atoms with Crippen molar-refractivity contribution >= 4 is 67.5 Å². The molecular weight excluding hydrogens is 495 g/mol. The van der Waals surface area contributed by atoms with E-state index in [0.717, 1.165) is 23.3 Å². The maximum atomic E-state index is 13.0. The van der Waals surface area contributed by atoms with Crippen LogP contribution in [0.25, 0.3) is 6.08 Å². The molecule has 0 bridgehead atoms. The molecule has 0 unspecified atom stereocenters. The predicted octanol–water partition coefficient (Wildman–Crippen LogP) is 3.32. The van der Waals surface area contributed by atoms with Crippen molar-refractivity contribution in [3.63, 3.8) is 0 Å². The fraction of sp³-hybridized carbons (Fsp3) is 0.0500. The number of amidine groups is 3. The molecule has 1 amide bonds. The maximum absolute atomic E-state index is 13.0. The third-order valence-electron chi connectivity index (χ3n) is 4.38. The molecule has 0 saturated heterocycles. The van der Waals surface area contributed by atoms with Crippen LogP contribution in [-0.4, -0.2) is 47.6 Å². The first-order chi connectivity index (χ1) is 15.5. The van der Waals surface area contributed by atoms with Crippen molar-refractivity contribution < 1.29 is 27.1 Å². The number of ether oxygens (including phenoxy) is 1. The number of carbonyl (C=O) groups excluding carboxylic acids is 2. The monoisotopic (exact) mass is 506 g/mol. The highest BCUT2D eigenvalue weighted by atomic mass is 35.5. The first kappa shape index (κ1) is 22.8. The van der Waals surface area contributed by atoms with Gasteiger partial charge in [0.25, 0.3) is 5.91 Å². The zero-order valence-corrected chi connectivity index (χ0v) is 19.0. The molecule has 0 fully saturated rings. The zero-order chi connectivity index (χ0) is 23.9. The van der Waals surface area contributed by atoms with E-state index >= 15 is 0 Å². The number of amides is 1. The van der Waals surface area contributed by atoms with Gasteiger partial charge in [0.1, 0.15) is 17.4 Å². The molecule has 2 aromatic rings. The second-order valence-corrected chi connectivity index (χ2v) is 9.81. The summed E-state index contributed by atoms with van der Waals surface area (Å²) >= 11 is 6.90. The highest BCUT2D eigenvalue weighted by Crippen LogP contribution is 2.31. The number of carbonyl (C=O) groups is 2. The number of halogens is 2. The number of esters is 1. The zero-order valence-electron chi connectivity index (χ0n) is 16.6. The Morgan fingerprint density at radius 3 is 2.58 bits per heavy atom. The van der Waals surface area contributed by atoms with E-state index in [0.29, 0.717) is 17.5 Å². The van der Waals surface area contributed by atoms with Crippen molar-refractivity contribution in [2.75, 3.05) is 6.26 Å². The van der Waals surface area contributed by atoms with Crippen molar-refractivity contribution in [3.05, 3.63) is 70.0 Å². The highest BCUT2D eigenvalue weighted by Gasteiger charge is 2.41. The van der Waals surface area contributed by atoms with Crippen LogP contribution in [0.15, 0.2) is 57.4 Å². The summed E-state index contributed by atoms with van der Waals surface area (Å²) in [6.45, 7) is 0. The van der Waals surface area contributed by atoms with E-state index in [1.54, 1.807) is 0 Å². The van der Waals surface area contributed by atoms with Gasteiger partial charge in [-0.05, 0) is 48.0 Å². The summed E-state index contributed by atoms with van der Waals surface area (Å²) in [5.41, 5.74) is 0.322. The lowest BCUT2D eigenvalue weighted by molar-refractivity contribution is -0.114.